The Kier molecular flexibility index (Phi) is 4.36. The van der Waals surface area contributed by atoms with Gasteiger partial charge in [0.25, 0.3) is 5.91 Å². The summed E-state index contributed by atoms with van der Waals surface area (Å²) in [6.07, 6.45) is 4.25. The van der Waals surface area contributed by atoms with Gasteiger partial charge in [0.15, 0.2) is 5.17 Å². The topological polar surface area (TPSA) is 32.7 Å². The van der Waals surface area contributed by atoms with Crippen LogP contribution in [0.3, 0.4) is 0 Å². The second-order valence-corrected chi connectivity index (χ2v) is 6.94. The van der Waals surface area contributed by atoms with Crippen molar-refractivity contribution in [2.75, 3.05) is 13.1 Å². The Morgan fingerprint density at radius 2 is 2.24 bits per heavy atom. The van der Waals surface area contributed by atoms with Crippen molar-refractivity contribution in [1.29, 1.82) is 0 Å². The van der Waals surface area contributed by atoms with Gasteiger partial charge in [-0.2, -0.15) is 4.99 Å². The van der Waals surface area contributed by atoms with Crippen LogP contribution in [0.2, 0.25) is 5.02 Å². The SMILES string of the molecule is CC1CCCN(C2=NC(=O)/C(=C/c3ccccc3Cl)S2)C1. The zero-order valence-corrected chi connectivity index (χ0v) is 13.5. The highest BCUT2D eigenvalue weighted by Gasteiger charge is 2.28. The Hall–Kier alpha value is -1.26. The van der Waals surface area contributed by atoms with Crippen LogP contribution in [0.1, 0.15) is 25.3 Å². The van der Waals surface area contributed by atoms with E-state index in [2.05, 4.69) is 16.8 Å². The van der Waals surface area contributed by atoms with Crippen LogP contribution in [0.4, 0.5) is 0 Å². The van der Waals surface area contributed by atoms with E-state index in [0.29, 0.717) is 15.8 Å². The molecule has 3 nitrogen and oxygen atoms in total. The number of halogens is 1. The van der Waals surface area contributed by atoms with Crippen LogP contribution in [0.5, 0.6) is 0 Å². The highest BCUT2D eigenvalue weighted by molar-refractivity contribution is 8.18. The molecule has 1 aromatic carbocycles. The minimum absolute atomic E-state index is 0.159. The third-order valence-electron chi connectivity index (χ3n) is 3.73. The molecule has 0 bridgehead atoms. The minimum atomic E-state index is -0.159. The van der Waals surface area contributed by atoms with Crippen molar-refractivity contribution >= 4 is 40.5 Å². The van der Waals surface area contributed by atoms with Gasteiger partial charge in [0.05, 0.1) is 4.91 Å². The van der Waals surface area contributed by atoms with Crippen molar-refractivity contribution in [2.24, 2.45) is 10.9 Å². The normalized spacial score (nSPS) is 24.6. The van der Waals surface area contributed by atoms with Gasteiger partial charge in [-0.05, 0) is 48.2 Å². The number of benzene rings is 1. The maximum absolute atomic E-state index is 12.1. The first-order valence-corrected chi connectivity index (χ1v) is 8.35. The number of nitrogens with zero attached hydrogens (tertiary/aromatic N) is 2. The van der Waals surface area contributed by atoms with Crippen LogP contribution in [-0.2, 0) is 4.79 Å². The molecule has 1 fully saturated rings. The van der Waals surface area contributed by atoms with Crippen molar-refractivity contribution in [3.05, 3.63) is 39.8 Å². The molecule has 1 amide bonds. The molecule has 1 saturated heterocycles. The number of hydrogen-bond donors (Lipinski definition) is 0. The predicted molar refractivity (Wildman–Crippen MR) is 89.4 cm³/mol. The fourth-order valence-corrected chi connectivity index (χ4v) is 3.76. The van der Waals surface area contributed by atoms with E-state index >= 15 is 0 Å². The van der Waals surface area contributed by atoms with Crippen molar-refractivity contribution < 1.29 is 4.79 Å². The van der Waals surface area contributed by atoms with Crippen molar-refractivity contribution in [3.63, 3.8) is 0 Å². The Morgan fingerprint density at radius 1 is 1.43 bits per heavy atom. The summed E-state index contributed by atoms with van der Waals surface area (Å²) in [6, 6.07) is 7.53. The van der Waals surface area contributed by atoms with Crippen molar-refractivity contribution in [1.82, 2.24) is 4.90 Å². The first-order chi connectivity index (χ1) is 10.1. The average Bonchev–Trinajstić information content (AvgIpc) is 2.83. The van der Waals surface area contributed by atoms with Gasteiger partial charge in [0, 0.05) is 18.1 Å². The molecular formula is C16H17ClN2OS. The number of carbonyl (C=O) groups is 1. The molecule has 3 rings (SSSR count). The van der Waals surface area contributed by atoms with Gasteiger partial charge >= 0.3 is 0 Å². The van der Waals surface area contributed by atoms with Crippen LogP contribution in [0.15, 0.2) is 34.2 Å². The number of piperidine rings is 1. The third kappa shape index (κ3) is 3.33. The van der Waals surface area contributed by atoms with Crippen LogP contribution < -0.4 is 0 Å². The third-order valence-corrected chi connectivity index (χ3v) is 5.12. The van der Waals surface area contributed by atoms with Crippen LogP contribution in [0, 0.1) is 5.92 Å². The van der Waals surface area contributed by atoms with E-state index in [1.165, 1.54) is 24.6 Å². The molecule has 5 heteroatoms. The summed E-state index contributed by atoms with van der Waals surface area (Å²) in [7, 11) is 0. The Morgan fingerprint density at radius 3 is 3.00 bits per heavy atom. The summed E-state index contributed by atoms with van der Waals surface area (Å²) in [6.45, 7) is 4.22. The fraction of sp³-hybridized carbons (Fsp3) is 0.375. The van der Waals surface area contributed by atoms with E-state index in [1.54, 1.807) is 0 Å². The van der Waals surface area contributed by atoms with Crippen molar-refractivity contribution in [3.8, 4) is 0 Å². The van der Waals surface area contributed by atoms with Gasteiger partial charge in [-0.1, -0.05) is 36.7 Å². The lowest BCUT2D eigenvalue weighted by molar-refractivity contribution is -0.113. The zero-order valence-electron chi connectivity index (χ0n) is 11.9. The second-order valence-electron chi connectivity index (χ2n) is 5.53. The minimum Gasteiger partial charge on any atom is -0.351 e. The average molecular weight is 321 g/mol. The number of rotatable bonds is 1. The van der Waals surface area contributed by atoms with Crippen LogP contribution in [-0.4, -0.2) is 29.1 Å². The first-order valence-electron chi connectivity index (χ1n) is 7.15. The smallest absolute Gasteiger partial charge is 0.286 e. The number of aliphatic imine (C=N–C) groups is 1. The van der Waals surface area contributed by atoms with Gasteiger partial charge < -0.3 is 4.90 Å². The molecule has 0 aromatic heterocycles. The maximum Gasteiger partial charge on any atom is 0.286 e. The number of hydrogen-bond acceptors (Lipinski definition) is 3. The number of carbonyl (C=O) groups excluding carboxylic acids is 1. The van der Waals surface area contributed by atoms with Gasteiger partial charge in [0.1, 0.15) is 0 Å². The molecule has 110 valence electrons. The molecule has 0 saturated carbocycles. The molecule has 0 aliphatic carbocycles. The van der Waals surface area contributed by atoms with E-state index in [9.17, 15) is 4.79 Å². The summed E-state index contributed by atoms with van der Waals surface area (Å²) in [5.74, 6) is 0.502. The number of likely N-dealkylation sites (tertiary alicyclic amines) is 1. The monoisotopic (exact) mass is 320 g/mol. The molecule has 0 radical (unpaired) electrons. The van der Waals surface area contributed by atoms with Crippen molar-refractivity contribution in [2.45, 2.75) is 19.8 Å². The highest BCUT2D eigenvalue weighted by Crippen LogP contribution is 2.33. The summed E-state index contributed by atoms with van der Waals surface area (Å²) >= 11 is 7.60. The van der Waals surface area contributed by atoms with E-state index in [1.807, 2.05) is 30.3 Å². The predicted octanol–water partition coefficient (Wildman–Crippen LogP) is 4.04. The fourth-order valence-electron chi connectivity index (χ4n) is 2.63. The molecule has 2 aliphatic rings. The summed E-state index contributed by atoms with van der Waals surface area (Å²) < 4.78 is 0. The molecular weight excluding hydrogens is 304 g/mol. The molecule has 2 heterocycles. The standard InChI is InChI=1S/C16H17ClN2OS/c1-11-5-4-8-19(10-11)16-18-15(20)14(21-16)9-12-6-2-3-7-13(12)17/h2-3,6-7,9,11H,4-5,8,10H2,1H3/b14-9-. The van der Waals surface area contributed by atoms with Crippen LogP contribution in [0.25, 0.3) is 6.08 Å². The number of amides is 1. The zero-order chi connectivity index (χ0) is 14.8. The number of thioether (sulfide) groups is 1. The number of amidine groups is 1. The Bertz CT molecular complexity index is 626. The lowest BCUT2D eigenvalue weighted by Gasteiger charge is -2.31. The summed E-state index contributed by atoms with van der Waals surface area (Å²) in [5.41, 5.74) is 0.860. The van der Waals surface area contributed by atoms with Gasteiger partial charge in [0.2, 0.25) is 0 Å². The molecule has 2 aliphatic heterocycles. The lowest BCUT2D eigenvalue weighted by atomic mass is 10.0. The van der Waals surface area contributed by atoms with Gasteiger partial charge in [-0.25, -0.2) is 0 Å². The quantitative estimate of drug-likeness (QED) is 0.732. The van der Waals surface area contributed by atoms with E-state index in [-0.39, 0.29) is 5.91 Å². The highest BCUT2D eigenvalue weighted by atomic mass is 35.5. The van der Waals surface area contributed by atoms with Crippen LogP contribution >= 0.6 is 23.4 Å². The Labute approximate surface area is 134 Å². The lowest BCUT2D eigenvalue weighted by Crippen LogP contribution is -2.37. The largest absolute Gasteiger partial charge is 0.351 e. The Balaban J connectivity index is 1.77. The molecule has 1 unspecified atom stereocenters. The first kappa shape index (κ1) is 14.7. The summed E-state index contributed by atoms with van der Waals surface area (Å²) in [4.78, 5) is 19.2. The van der Waals surface area contributed by atoms with E-state index in [0.717, 1.165) is 23.8 Å². The van der Waals surface area contributed by atoms with E-state index in [4.69, 9.17) is 11.6 Å². The molecule has 1 atom stereocenters. The molecule has 1 aromatic rings. The van der Waals surface area contributed by atoms with Gasteiger partial charge in [-0.3, -0.25) is 4.79 Å². The second kappa shape index (κ2) is 6.24. The molecule has 0 spiro atoms. The van der Waals surface area contributed by atoms with E-state index < -0.39 is 0 Å². The molecule has 21 heavy (non-hydrogen) atoms. The summed E-state index contributed by atoms with van der Waals surface area (Å²) in [5, 5.41) is 1.49. The molecule has 0 N–H and O–H groups in total. The maximum atomic E-state index is 12.1. The van der Waals surface area contributed by atoms with Gasteiger partial charge in [-0.15, -0.1) is 0 Å².